The molecule has 6 heteroatoms. The summed E-state index contributed by atoms with van der Waals surface area (Å²) in [6.07, 6.45) is 19.7. The summed E-state index contributed by atoms with van der Waals surface area (Å²) in [5.41, 5.74) is 1.41. The van der Waals surface area contributed by atoms with Crippen LogP contribution < -0.4 is 10.6 Å². The molecule has 2 aliphatic carbocycles. The molecule has 0 unspecified atom stereocenters. The molecule has 26 heavy (non-hydrogen) atoms. The molecule has 0 fully saturated rings. The Morgan fingerprint density at radius 3 is 1.58 bits per heavy atom. The summed E-state index contributed by atoms with van der Waals surface area (Å²) in [6, 6.07) is 0. The van der Waals surface area contributed by atoms with E-state index in [-0.39, 0.29) is 28.1 Å². The molecule has 0 aromatic rings. The molecule has 4 nitrogen and oxygen atoms in total. The smallest absolute Gasteiger partial charge is 0.187 e. The number of hydrogen-bond donors (Lipinski definition) is 2. The van der Waals surface area contributed by atoms with Crippen molar-refractivity contribution in [2.24, 2.45) is 0 Å². The quantitative estimate of drug-likeness (QED) is 0.327. The molecule has 2 rings (SSSR count). The van der Waals surface area contributed by atoms with Gasteiger partial charge in [-0.3, -0.25) is 9.59 Å². The van der Waals surface area contributed by atoms with E-state index in [4.69, 9.17) is 0 Å². The minimum Gasteiger partial charge on any atom is -0.390 e. The molecule has 0 saturated heterocycles. The molecule has 0 amide bonds. The number of carbonyl (C=O) groups is 2. The summed E-state index contributed by atoms with van der Waals surface area (Å²) in [5.74, 6) is 2.28. The minimum atomic E-state index is 0. The van der Waals surface area contributed by atoms with Crippen molar-refractivity contribution in [1.29, 1.82) is 0 Å². The maximum absolute atomic E-state index is 11.5. The van der Waals surface area contributed by atoms with Gasteiger partial charge in [0.1, 0.15) is 0 Å². The second-order valence-corrected chi connectivity index (χ2v) is 6.82. The number of rotatable bonds is 10. The predicted molar refractivity (Wildman–Crippen MR) is 105 cm³/mol. The molecule has 2 N–H and O–H groups in total. The third-order valence-electron chi connectivity index (χ3n) is 3.57. The van der Waals surface area contributed by atoms with Gasteiger partial charge in [-0.25, -0.2) is 0 Å². The molecular formula is C20H24N2NiO2S. The Morgan fingerprint density at radius 2 is 1.15 bits per heavy atom. The van der Waals surface area contributed by atoms with Crippen molar-refractivity contribution < 1.29 is 26.1 Å². The van der Waals surface area contributed by atoms with E-state index in [9.17, 15) is 9.59 Å². The first kappa shape index (κ1) is 22.3. The monoisotopic (exact) mass is 414 g/mol. The standard InChI is InChI=1S/C20H24N2O2S.Ni/c23-19-9-3-1-7-17(19)15-21-11-5-13-25-14-6-12-22-16-18-8-2-4-10-20(18)24;/h1-4,7-10,15-16,21-22H,5-6,11-14H2;/b17-15-,18-16-;. The summed E-state index contributed by atoms with van der Waals surface area (Å²) in [5, 5.41) is 6.38. The summed E-state index contributed by atoms with van der Waals surface area (Å²) < 4.78 is 0. The van der Waals surface area contributed by atoms with Crippen molar-refractivity contribution in [3.05, 3.63) is 72.2 Å². The number of allylic oxidation sites excluding steroid dienone is 10. The van der Waals surface area contributed by atoms with Crippen LogP contribution in [0.5, 0.6) is 0 Å². The van der Waals surface area contributed by atoms with E-state index in [1.807, 2.05) is 36.1 Å². The van der Waals surface area contributed by atoms with Gasteiger partial charge < -0.3 is 10.6 Å². The first-order valence-corrected chi connectivity index (χ1v) is 9.66. The van der Waals surface area contributed by atoms with Gasteiger partial charge in [-0.2, -0.15) is 11.8 Å². The van der Waals surface area contributed by atoms with Gasteiger partial charge in [0.2, 0.25) is 0 Å². The maximum atomic E-state index is 11.5. The fourth-order valence-corrected chi connectivity index (χ4v) is 3.12. The van der Waals surface area contributed by atoms with Gasteiger partial charge in [-0.15, -0.1) is 0 Å². The molecule has 0 aromatic heterocycles. The van der Waals surface area contributed by atoms with Crippen LogP contribution in [0.25, 0.3) is 0 Å². The van der Waals surface area contributed by atoms with E-state index in [1.165, 1.54) is 0 Å². The van der Waals surface area contributed by atoms with Gasteiger partial charge in [0.05, 0.1) is 0 Å². The number of nitrogens with one attached hydrogen (secondary N) is 2. The number of hydrogen-bond acceptors (Lipinski definition) is 5. The molecule has 0 aromatic carbocycles. The Morgan fingerprint density at radius 1 is 0.731 bits per heavy atom. The Hall–Kier alpha value is -1.78. The van der Waals surface area contributed by atoms with E-state index in [0.29, 0.717) is 11.1 Å². The van der Waals surface area contributed by atoms with Crippen LogP contribution in [0.15, 0.2) is 72.2 Å². The number of carbonyl (C=O) groups excluding carboxylic acids is 2. The van der Waals surface area contributed by atoms with Crippen molar-refractivity contribution in [3.63, 3.8) is 0 Å². The van der Waals surface area contributed by atoms with Crippen molar-refractivity contribution >= 4 is 23.3 Å². The van der Waals surface area contributed by atoms with Gasteiger partial charge >= 0.3 is 0 Å². The Balaban J connectivity index is 0.00000338. The molecule has 2 aliphatic rings. The largest absolute Gasteiger partial charge is 0.390 e. The van der Waals surface area contributed by atoms with Gasteiger partial charge in [0.25, 0.3) is 0 Å². The van der Waals surface area contributed by atoms with Crippen molar-refractivity contribution in [1.82, 2.24) is 10.6 Å². The molecule has 0 bridgehead atoms. The fourth-order valence-electron chi connectivity index (χ4n) is 2.22. The second-order valence-electron chi connectivity index (χ2n) is 5.59. The normalized spacial score (nSPS) is 18.5. The predicted octanol–water partition coefficient (Wildman–Crippen LogP) is 2.83. The van der Waals surface area contributed by atoms with Gasteiger partial charge in [0, 0.05) is 53.1 Å². The van der Waals surface area contributed by atoms with E-state index in [2.05, 4.69) is 10.6 Å². The van der Waals surface area contributed by atoms with E-state index >= 15 is 0 Å². The molecule has 0 atom stereocenters. The number of thioether (sulfide) groups is 1. The van der Waals surface area contributed by atoms with Gasteiger partial charge in [-0.1, -0.05) is 24.3 Å². The zero-order valence-electron chi connectivity index (χ0n) is 14.6. The first-order valence-electron chi connectivity index (χ1n) is 8.50. The fraction of sp³-hybridized carbons (Fsp3) is 0.300. The number of ketones is 2. The first-order chi connectivity index (χ1) is 12.3. The van der Waals surface area contributed by atoms with Crippen LogP contribution in [0, 0.1) is 0 Å². The average Bonchev–Trinajstić information content (AvgIpc) is 2.62. The van der Waals surface area contributed by atoms with Crippen LogP contribution in [0.4, 0.5) is 0 Å². The van der Waals surface area contributed by atoms with Crippen LogP contribution >= 0.6 is 11.8 Å². The van der Waals surface area contributed by atoms with Crippen LogP contribution in [-0.2, 0) is 26.1 Å². The molecular weight excluding hydrogens is 391 g/mol. The Bertz CT molecular complexity index is 605. The zero-order chi connectivity index (χ0) is 17.7. The third kappa shape index (κ3) is 8.55. The Labute approximate surface area is 169 Å². The van der Waals surface area contributed by atoms with Crippen molar-refractivity contribution in [3.8, 4) is 0 Å². The van der Waals surface area contributed by atoms with Crippen LogP contribution in [-0.4, -0.2) is 36.2 Å². The zero-order valence-corrected chi connectivity index (χ0v) is 16.4. The van der Waals surface area contributed by atoms with Gasteiger partial charge in [-0.05, 0) is 48.7 Å². The van der Waals surface area contributed by atoms with Crippen LogP contribution in [0.2, 0.25) is 0 Å². The van der Waals surface area contributed by atoms with E-state index in [0.717, 1.165) is 37.4 Å². The summed E-state index contributed by atoms with van der Waals surface area (Å²) in [6.45, 7) is 1.74. The van der Waals surface area contributed by atoms with Crippen LogP contribution in [0.3, 0.4) is 0 Å². The molecule has 142 valence electrons. The Kier molecular flexibility index (Phi) is 11.5. The topological polar surface area (TPSA) is 58.2 Å². The van der Waals surface area contributed by atoms with E-state index in [1.54, 1.807) is 36.7 Å². The molecule has 0 saturated carbocycles. The van der Waals surface area contributed by atoms with Gasteiger partial charge in [0.15, 0.2) is 11.6 Å². The van der Waals surface area contributed by atoms with Crippen molar-refractivity contribution in [2.75, 3.05) is 24.6 Å². The average molecular weight is 415 g/mol. The third-order valence-corrected chi connectivity index (χ3v) is 4.73. The van der Waals surface area contributed by atoms with Crippen molar-refractivity contribution in [2.45, 2.75) is 12.8 Å². The summed E-state index contributed by atoms with van der Waals surface area (Å²) in [7, 11) is 0. The summed E-state index contributed by atoms with van der Waals surface area (Å²) in [4.78, 5) is 23.0. The second kappa shape index (κ2) is 13.4. The SMILES string of the molecule is O=C1C=CC=C/C1=C/NCCCSCCCN/C=C1/C=CC=CC1=O.[Ni]. The van der Waals surface area contributed by atoms with E-state index < -0.39 is 0 Å². The minimum absolute atomic E-state index is 0. The molecule has 0 heterocycles. The molecule has 0 aliphatic heterocycles. The molecule has 0 radical (unpaired) electrons. The maximum Gasteiger partial charge on any atom is 0.187 e. The molecule has 0 spiro atoms. The van der Waals surface area contributed by atoms with Crippen LogP contribution in [0.1, 0.15) is 12.8 Å². The summed E-state index contributed by atoms with van der Waals surface area (Å²) >= 11 is 1.92.